The molecule has 0 amide bonds. The van der Waals surface area contributed by atoms with E-state index in [1.807, 2.05) is 0 Å². The average Bonchev–Trinajstić information content (AvgIpc) is 3.12. The summed E-state index contributed by atoms with van der Waals surface area (Å²) in [7, 11) is 0. The largest absolute Gasteiger partial charge is 0.478 e. The number of halogens is 2. The normalized spacial score (nSPS) is 14.2. The second-order valence-corrected chi connectivity index (χ2v) is 6.44. The molecule has 0 saturated carbocycles. The fourth-order valence-corrected chi connectivity index (χ4v) is 3.02. The maximum atomic E-state index is 11.1. The first kappa shape index (κ1) is 18.2. The lowest BCUT2D eigenvalue weighted by atomic mass is 10.2. The number of hydrazone groups is 1. The van der Waals surface area contributed by atoms with Gasteiger partial charge in [0.25, 0.3) is 0 Å². The number of carbonyl (C=O) groups is 1. The highest BCUT2D eigenvalue weighted by Gasteiger charge is 2.20. The minimum atomic E-state index is -1.06. The Balaban J connectivity index is 1.87. The lowest BCUT2D eigenvalue weighted by Gasteiger charge is -2.19. The minimum absolute atomic E-state index is 0.0960. The van der Waals surface area contributed by atoms with Crippen molar-refractivity contribution in [1.29, 1.82) is 0 Å². The maximum absolute atomic E-state index is 11.1. The van der Waals surface area contributed by atoms with Crippen LogP contribution < -0.4 is 16.1 Å². The molecule has 1 aliphatic heterocycles. The summed E-state index contributed by atoms with van der Waals surface area (Å²) in [5.74, 6) is -0.338. The molecule has 0 atom stereocenters. The molecule has 1 fully saturated rings. The van der Waals surface area contributed by atoms with E-state index in [2.05, 4.69) is 25.4 Å². The van der Waals surface area contributed by atoms with Crippen LogP contribution >= 0.6 is 23.2 Å². The van der Waals surface area contributed by atoms with E-state index in [1.54, 1.807) is 0 Å². The molecule has 1 saturated heterocycles. The van der Waals surface area contributed by atoms with Gasteiger partial charge in [0.05, 0.1) is 28.1 Å². The predicted octanol–water partition coefficient (Wildman–Crippen LogP) is 3.11. The third-order valence-corrected chi connectivity index (χ3v) is 4.51. The van der Waals surface area contributed by atoms with Gasteiger partial charge in [-0.15, -0.1) is 0 Å². The number of anilines is 3. The van der Waals surface area contributed by atoms with Crippen molar-refractivity contribution >= 4 is 52.8 Å². The Morgan fingerprint density at radius 3 is 2.73 bits per heavy atom. The molecule has 0 radical (unpaired) electrons. The number of aromatic carboxylic acids is 1. The molecule has 8 nitrogen and oxygen atoms in total. The first-order valence-corrected chi connectivity index (χ1v) is 8.61. The van der Waals surface area contributed by atoms with Crippen LogP contribution in [0.4, 0.5) is 17.5 Å². The summed E-state index contributed by atoms with van der Waals surface area (Å²) in [6.45, 7) is 1.71. The molecule has 0 bridgehead atoms. The van der Waals surface area contributed by atoms with Crippen LogP contribution in [-0.2, 0) is 0 Å². The first-order valence-electron chi connectivity index (χ1n) is 7.85. The zero-order valence-electron chi connectivity index (χ0n) is 13.6. The van der Waals surface area contributed by atoms with Gasteiger partial charge in [-0.2, -0.15) is 10.1 Å². The standard InChI is InChI=1S/C16H16Cl2N6O2/c17-11-4-3-9(15(25)26)7-12(11)23-20-8-10-13(18)21-16(19)22-14(10)24-5-1-2-6-24/h3-4,7-8,23H,1-2,5-6H2,(H,25,26)(H2,19,21,22)/b20-8+. The first-order chi connectivity index (χ1) is 12.5. The number of nitrogens with zero attached hydrogens (tertiary/aromatic N) is 4. The molecule has 1 aromatic carbocycles. The highest BCUT2D eigenvalue weighted by atomic mass is 35.5. The quantitative estimate of drug-likeness (QED) is 0.405. The Labute approximate surface area is 159 Å². The summed E-state index contributed by atoms with van der Waals surface area (Å²) < 4.78 is 0. The van der Waals surface area contributed by atoms with E-state index in [4.69, 9.17) is 34.0 Å². The zero-order valence-corrected chi connectivity index (χ0v) is 15.1. The van der Waals surface area contributed by atoms with Gasteiger partial charge >= 0.3 is 5.97 Å². The summed E-state index contributed by atoms with van der Waals surface area (Å²) in [5.41, 5.74) is 9.42. The fraction of sp³-hybridized carbons (Fsp3) is 0.250. The van der Waals surface area contributed by atoms with Crippen molar-refractivity contribution in [2.24, 2.45) is 5.10 Å². The Kier molecular flexibility index (Phi) is 5.43. The van der Waals surface area contributed by atoms with Crippen molar-refractivity contribution in [3.05, 3.63) is 39.5 Å². The van der Waals surface area contributed by atoms with E-state index < -0.39 is 5.97 Å². The molecule has 10 heteroatoms. The van der Waals surface area contributed by atoms with Crippen molar-refractivity contribution in [2.75, 3.05) is 29.1 Å². The summed E-state index contributed by atoms with van der Waals surface area (Å²) >= 11 is 12.3. The molecular formula is C16H16Cl2N6O2. The molecule has 136 valence electrons. The lowest BCUT2D eigenvalue weighted by Crippen LogP contribution is -2.22. The number of carboxylic acid groups (broad SMARTS) is 1. The van der Waals surface area contributed by atoms with Gasteiger partial charge in [0.15, 0.2) is 0 Å². The van der Waals surface area contributed by atoms with Gasteiger partial charge in [-0.25, -0.2) is 9.78 Å². The van der Waals surface area contributed by atoms with E-state index in [0.29, 0.717) is 22.1 Å². The summed E-state index contributed by atoms with van der Waals surface area (Å²) in [4.78, 5) is 21.4. The summed E-state index contributed by atoms with van der Waals surface area (Å²) in [6, 6.07) is 4.29. The third-order valence-electron chi connectivity index (χ3n) is 3.89. The molecule has 2 aromatic rings. The number of nitrogen functional groups attached to an aromatic ring is 1. The van der Waals surface area contributed by atoms with Crippen LogP contribution in [0.3, 0.4) is 0 Å². The fourth-order valence-electron chi connectivity index (χ4n) is 2.64. The number of benzene rings is 1. The van der Waals surface area contributed by atoms with E-state index in [9.17, 15) is 4.79 Å². The molecule has 0 spiro atoms. The maximum Gasteiger partial charge on any atom is 0.335 e. The molecule has 2 heterocycles. The summed E-state index contributed by atoms with van der Waals surface area (Å²) in [6.07, 6.45) is 3.60. The number of rotatable bonds is 5. The number of aromatic nitrogens is 2. The number of carboxylic acids is 1. The SMILES string of the molecule is Nc1nc(Cl)c(/C=N/Nc2cc(C(=O)O)ccc2Cl)c(N2CCCC2)n1. The van der Waals surface area contributed by atoms with E-state index in [1.165, 1.54) is 24.4 Å². The second-order valence-electron chi connectivity index (χ2n) is 5.67. The van der Waals surface area contributed by atoms with Gasteiger partial charge < -0.3 is 15.7 Å². The van der Waals surface area contributed by atoms with Crippen molar-refractivity contribution in [3.63, 3.8) is 0 Å². The molecule has 0 unspecified atom stereocenters. The highest BCUT2D eigenvalue weighted by molar-refractivity contribution is 6.33. The number of hydrogen-bond acceptors (Lipinski definition) is 7. The van der Waals surface area contributed by atoms with E-state index in [-0.39, 0.29) is 16.7 Å². The van der Waals surface area contributed by atoms with Gasteiger partial charge in [-0.3, -0.25) is 5.43 Å². The Bertz CT molecular complexity index is 868. The van der Waals surface area contributed by atoms with Crippen LogP contribution in [0, 0.1) is 0 Å². The second kappa shape index (κ2) is 7.76. The number of hydrogen-bond donors (Lipinski definition) is 3. The van der Waals surface area contributed by atoms with Crippen molar-refractivity contribution < 1.29 is 9.90 Å². The predicted molar refractivity (Wildman–Crippen MR) is 103 cm³/mol. The van der Waals surface area contributed by atoms with Crippen LogP contribution in [0.15, 0.2) is 23.3 Å². The van der Waals surface area contributed by atoms with Gasteiger partial charge in [-0.05, 0) is 31.0 Å². The van der Waals surface area contributed by atoms with Gasteiger partial charge in [-0.1, -0.05) is 23.2 Å². The van der Waals surface area contributed by atoms with Crippen LogP contribution in [0.2, 0.25) is 10.2 Å². The monoisotopic (exact) mass is 394 g/mol. The Hall–Kier alpha value is -2.58. The summed E-state index contributed by atoms with van der Waals surface area (Å²) in [5, 5.41) is 13.7. The van der Waals surface area contributed by atoms with E-state index in [0.717, 1.165) is 25.9 Å². The van der Waals surface area contributed by atoms with Gasteiger partial charge in [0, 0.05) is 13.1 Å². The molecule has 26 heavy (non-hydrogen) atoms. The van der Waals surface area contributed by atoms with E-state index >= 15 is 0 Å². The van der Waals surface area contributed by atoms with Gasteiger partial charge in [0.1, 0.15) is 11.0 Å². The molecule has 1 aromatic heterocycles. The average molecular weight is 395 g/mol. The molecule has 4 N–H and O–H groups in total. The van der Waals surface area contributed by atoms with Crippen molar-refractivity contribution in [3.8, 4) is 0 Å². The van der Waals surface area contributed by atoms with Crippen LogP contribution in [-0.4, -0.2) is 40.3 Å². The minimum Gasteiger partial charge on any atom is -0.478 e. The zero-order chi connectivity index (χ0) is 18.7. The molecule has 3 rings (SSSR count). The smallest absolute Gasteiger partial charge is 0.335 e. The Morgan fingerprint density at radius 1 is 1.31 bits per heavy atom. The van der Waals surface area contributed by atoms with Crippen molar-refractivity contribution in [1.82, 2.24) is 9.97 Å². The lowest BCUT2D eigenvalue weighted by molar-refractivity contribution is 0.0697. The third kappa shape index (κ3) is 3.97. The molecular weight excluding hydrogens is 379 g/mol. The topological polar surface area (TPSA) is 117 Å². The van der Waals surface area contributed by atoms with Crippen LogP contribution in [0.25, 0.3) is 0 Å². The van der Waals surface area contributed by atoms with Crippen molar-refractivity contribution in [2.45, 2.75) is 12.8 Å². The van der Waals surface area contributed by atoms with Crippen LogP contribution in [0.1, 0.15) is 28.8 Å². The van der Waals surface area contributed by atoms with Gasteiger partial charge in [0.2, 0.25) is 5.95 Å². The Morgan fingerprint density at radius 2 is 2.04 bits per heavy atom. The highest BCUT2D eigenvalue weighted by Crippen LogP contribution is 2.27. The number of nitrogens with two attached hydrogens (primary N) is 1. The molecule has 1 aliphatic rings. The molecule has 0 aliphatic carbocycles. The number of nitrogens with one attached hydrogen (secondary N) is 1. The van der Waals surface area contributed by atoms with Crippen LogP contribution in [0.5, 0.6) is 0 Å².